The maximum atomic E-state index is 12.9. The molecule has 0 aliphatic carbocycles. The summed E-state index contributed by atoms with van der Waals surface area (Å²) in [6.45, 7) is 2.43. The van der Waals surface area contributed by atoms with Gasteiger partial charge in [0.05, 0.1) is 17.4 Å². The van der Waals surface area contributed by atoms with E-state index in [0.29, 0.717) is 25.6 Å². The van der Waals surface area contributed by atoms with Gasteiger partial charge in [0.25, 0.3) is 5.56 Å². The van der Waals surface area contributed by atoms with Crippen LogP contribution in [-0.2, 0) is 17.9 Å². The van der Waals surface area contributed by atoms with Crippen LogP contribution in [0, 0.1) is 5.92 Å². The number of carbonyl (C=O) groups excluding carboxylic acids is 1. The van der Waals surface area contributed by atoms with E-state index in [1.807, 2.05) is 50.4 Å². The maximum absolute atomic E-state index is 12.9. The van der Waals surface area contributed by atoms with Crippen LogP contribution < -0.4 is 5.56 Å². The molecule has 0 N–H and O–H groups in total. The molecule has 2 aliphatic rings. The first-order chi connectivity index (χ1) is 12.7. The zero-order chi connectivity index (χ0) is 17.7. The first kappa shape index (κ1) is 15.4. The first-order valence-corrected chi connectivity index (χ1v) is 9.06. The third-order valence-electron chi connectivity index (χ3n) is 5.67. The number of piperidine rings is 1. The number of rotatable bonds is 2. The van der Waals surface area contributed by atoms with Crippen molar-refractivity contribution in [1.29, 1.82) is 0 Å². The number of hydrogen-bond acceptors (Lipinski definition) is 3. The maximum Gasteiger partial charge on any atom is 0.250 e. The van der Waals surface area contributed by atoms with Crippen LogP contribution in [0.3, 0.4) is 0 Å². The zero-order valence-electron chi connectivity index (χ0n) is 14.4. The average Bonchev–Trinajstić information content (AvgIpc) is 3.05. The van der Waals surface area contributed by atoms with Crippen molar-refractivity contribution in [2.75, 3.05) is 13.1 Å². The third-order valence-corrected chi connectivity index (χ3v) is 5.67. The molecule has 2 aliphatic heterocycles. The Balaban J connectivity index is 1.39. The molecule has 6 nitrogen and oxygen atoms in total. The number of benzene rings is 1. The van der Waals surface area contributed by atoms with Gasteiger partial charge < -0.3 is 14.0 Å². The van der Waals surface area contributed by atoms with Gasteiger partial charge in [-0.15, -0.1) is 0 Å². The van der Waals surface area contributed by atoms with Crippen LogP contribution in [0.4, 0.5) is 0 Å². The molecule has 2 aromatic heterocycles. The Hall–Kier alpha value is -2.89. The molecule has 6 heteroatoms. The van der Waals surface area contributed by atoms with Gasteiger partial charge in [0, 0.05) is 37.3 Å². The molecule has 26 heavy (non-hydrogen) atoms. The highest BCUT2D eigenvalue weighted by atomic mass is 16.2. The minimum absolute atomic E-state index is 0.0712. The lowest BCUT2D eigenvalue weighted by Crippen LogP contribution is -2.49. The van der Waals surface area contributed by atoms with Crippen LogP contribution in [-0.4, -0.2) is 38.0 Å². The largest absolute Gasteiger partial charge is 0.340 e. The van der Waals surface area contributed by atoms with Gasteiger partial charge in [0.1, 0.15) is 6.54 Å². The van der Waals surface area contributed by atoms with Gasteiger partial charge in [-0.05, 0) is 30.5 Å². The number of fused-ring (bicyclic) bond motifs is 5. The molecule has 0 spiro atoms. The van der Waals surface area contributed by atoms with Gasteiger partial charge in [0.2, 0.25) is 5.91 Å². The van der Waals surface area contributed by atoms with E-state index in [1.165, 1.54) is 0 Å². The van der Waals surface area contributed by atoms with Crippen LogP contribution in [0.5, 0.6) is 0 Å². The topological polar surface area (TPSA) is 60.1 Å². The van der Waals surface area contributed by atoms with Crippen molar-refractivity contribution >= 4 is 16.9 Å². The molecular formula is C20H20N4O2. The average molecular weight is 348 g/mol. The summed E-state index contributed by atoms with van der Waals surface area (Å²) in [4.78, 5) is 31.4. The van der Waals surface area contributed by atoms with Crippen molar-refractivity contribution < 1.29 is 4.79 Å². The summed E-state index contributed by atoms with van der Waals surface area (Å²) >= 11 is 0. The quantitative estimate of drug-likeness (QED) is 0.710. The standard InChI is InChI=1S/C20H20N4O2/c25-19-7-3-6-17-15-8-14(10-24(17)19)9-22(11-15)20(26)12-23-13-21-16-4-1-2-5-18(16)23/h1-7,13-15H,8-12H2. The van der Waals surface area contributed by atoms with Crippen molar-refractivity contribution in [3.8, 4) is 0 Å². The summed E-state index contributed by atoms with van der Waals surface area (Å²) in [5.74, 6) is 0.722. The van der Waals surface area contributed by atoms with Gasteiger partial charge in [-0.25, -0.2) is 4.98 Å². The highest BCUT2D eigenvalue weighted by Gasteiger charge is 2.36. The van der Waals surface area contributed by atoms with E-state index in [-0.39, 0.29) is 17.4 Å². The number of nitrogens with zero attached hydrogens (tertiary/aromatic N) is 4. The number of pyridine rings is 1. The van der Waals surface area contributed by atoms with Crippen molar-refractivity contribution in [3.05, 3.63) is 64.8 Å². The van der Waals surface area contributed by atoms with Crippen molar-refractivity contribution in [2.45, 2.75) is 25.4 Å². The van der Waals surface area contributed by atoms with E-state index < -0.39 is 0 Å². The molecule has 3 aromatic rings. The fraction of sp³-hybridized carbons (Fsp3) is 0.350. The lowest BCUT2D eigenvalue weighted by molar-refractivity contribution is -0.134. The smallest absolute Gasteiger partial charge is 0.250 e. The molecule has 132 valence electrons. The summed E-state index contributed by atoms with van der Waals surface area (Å²) in [5.41, 5.74) is 3.03. The van der Waals surface area contributed by atoms with Crippen LogP contribution in [0.25, 0.3) is 11.0 Å². The zero-order valence-corrected chi connectivity index (χ0v) is 14.4. The van der Waals surface area contributed by atoms with E-state index in [0.717, 1.165) is 29.7 Å². The van der Waals surface area contributed by atoms with Crippen LogP contribution in [0.15, 0.2) is 53.6 Å². The van der Waals surface area contributed by atoms with E-state index in [1.54, 1.807) is 12.4 Å². The van der Waals surface area contributed by atoms with E-state index >= 15 is 0 Å². The summed E-state index contributed by atoms with van der Waals surface area (Å²) in [7, 11) is 0. The Bertz CT molecular complexity index is 1050. The summed E-state index contributed by atoms with van der Waals surface area (Å²) < 4.78 is 3.81. The molecule has 1 fully saturated rings. The molecule has 0 radical (unpaired) electrons. The molecule has 0 saturated carbocycles. The number of amides is 1. The van der Waals surface area contributed by atoms with Gasteiger partial charge >= 0.3 is 0 Å². The Morgan fingerprint density at radius 1 is 1.08 bits per heavy atom. The normalized spacial score (nSPS) is 21.6. The van der Waals surface area contributed by atoms with Gasteiger partial charge in [-0.1, -0.05) is 18.2 Å². The van der Waals surface area contributed by atoms with E-state index in [2.05, 4.69) is 4.98 Å². The predicted molar refractivity (Wildman–Crippen MR) is 97.9 cm³/mol. The Morgan fingerprint density at radius 2 is 1.96 bits per heavy atom. The number of para-hydroxylation sites is 2. The molecule has 1 saturated heterocycles. The number of aromatic nitrogens is 3. The Labute approximate surface area is 150 Å². The van der Waals surface area contributed by atoms with Crippen LogP contribution >= 0.6 is 0 Å². The number of carbonyl (C=O) groups is 1. The molecule has 4 heterocycles. The second-order valence-corrected chi connectivity index (χ2v) is 7.36. The second-order valence-electron chi connectivity index (χ2n) is 7.36. The van der Waals surface area contributed by atoms with Gasteiger partial charge in [0.15, 0.2) is 0 Å². The van der Waals surface area contributed by atoms with Crippen molar-refractivity contribution in [3.63, 3.8) is 0 Å². The summed E-state index contributed by atoms with van der Waals surface area (Å²) in [5, 5.41) is 0. The first-order valence-electron chi connectivity index (χ1n) is 9.06. The molecule has 1 aromatic carbocycles. The highest BCUT2D eigenvalue weighted by Crippen LogP contribution is 2.35. The molecule has 2 unspecified atom stereocenters. The number of likely N-dealkylation sites (tertiary alicyclic amines) is 1. The number of hydrogen-bond donors (Lipinski definition) is 0. The second kappa shape index (κ2) is 5.83. The minimum Gasteiger partial charge on any atom is -0.340 e. The summed E-state index contributed by atoms with van der Waals surface area (Å²) in [6.07, 6.45) is 2.80. The third kappa shape index (κ3) is 2.44. The van der Waals surface area contributed by atoms with Crippen molar-refractivity contribution in [1.82, 2.24) is 19.0 Å². The molecule has 1 amide bonds. The SMILES string of the molecule is O=C(Cn1cnc2ccccc21)N1CC2CC(C1)c1cccc(=O)n1C2. The molecule has 2 atom stereocenters. The summed E-state index contributed by atoms with van der Waals surface area (Å²) in [6, 6.07) is 13.3. The van der Waals surface area contributed by atoms with Crippen LogP contribution in [0.2, 0.25) is 0 Å². The lowest BCUT2D eigenvalue weighted by atomic mass is 9.83. The predicted octanol–water partition coefficient (Wildman–Crippen LogP) is 1.84. The van der Waals surface area contributed by atoms with Crippen LogP contribution in [0.1, 0.15) is 18.0 Å². The van der Waals surface area contributed by atoms with Gasteiger partial charge in [-0.2, -0.15) is 0 Å². The van der Waals surface area contributed by atoms with E-state index in [4.69, 9.17) is 0 Å². The number of imidazole rings is 1. The van der Waals surface area contributed by atoms with E-state index in [9.17, 15) is 9.59 Å². The molecule has 5 rings (SSSR count). The Morgan fingerprint density at radius 3 is 2.88 bits per heavy atom. The molecular weight excluding hydrogens is 328 g/mol. The van der Waals surface area contributed by atoms with Crippen molar-refractivity contribution in [2.24, 2.45) is 5.92 Å². The minimum atomic E-state index is 0.0712. The molecule has 2 bridgehead atoms. The fourth-order valence-electron chi connectivity index (χ4n) is 4.48. The van der Waals surface area contributed by atoms with Gasteiger partial charge in [-0.3, -0.25) is 9.59 Å². The fourth-order valence-corrected chi connectivity index (χ4v) is 4.48. The highest BCUT2D eigenvalue weighted by molar-refractivity contribution is 5.80. The lowest BCUT2D eigenvalue weighted by Gasteiger charge is -2.42. The monoisotopic (exact) mass is 348 g/mol. The Kier molecular flexibility index (Phi) is 3.45.